The number of hydrogen-bond acceptors (Lipinski definition) is 5. The number of amides is 1. The minimum Gasteiger partial charge on any atom is -0.494 e. The number of likely N-dealkylation sites (tertiary alicyclic amines) is 1. The van der Waals surface area contributed by atoms with Gasteiger partial charge in [0.2, 0.25) is 5.88 Å². The summed E-state index contributed by atoms with van der Waals surface area (Å²) in [5.41, 5.74) is -0.116. The molecule has 2 heterocycles. The van der Waals surface area contributed by atoms with Gasteiger partial charge in [-0.2, -0.15) is 0 Å². The zero-order valence-corrected chi connectivity index (χ0v) is 17.6. The van der Waals surface area contributed by atoms with Crippen molar-refractivity contribution in [2.24, 2.45) is 0 Å². The van der Waals surface area contributed by atoms with E-state index in [1.54, 1.807) is 4.90 Å². The molecular formula is C23H29N3O5. The van der Waals surface area contributed by atoms with E-state index >= 15 is 0 Å². The standard InChI is InChI=1S/C23H29N3O5/c27-20-14-21(28)26(22(29)25(20)18-10-5-2-6-11-18)19-12-7-13-24(15-19)23(30)31-16-17-8-3-1-4-9-17/h1,3-4,8-9,14,18-19,27H,2,5-7,10-13,15-16H2. The highest BCUT2D eigenvalue weighted by Crippen LogP contribution is 2.29. The first-order valence-electron chi connectivity index (χ1n) is 11.1. The summed E-state index contributed by atoms with van der Waals surface area (Å²) in [5.74, 6) is -0.270. The molecule has 166 valence electrons. The van der Waals surface area contributed by atoms with E-state index in [1.165, 1.54) is 9.13 Å². The molecule has 1 aliphatic carbocycles. The van der Waals surface area contributed by atoms with Crippen molar-refractivity contribution in [2.45, 2.75) is 63.6 Å². The molecule has 31 heavy (non-hydrogen) atoms. The van der Waals surface area contributed by atoms with Gasteiger partial charge in [-0.05, 0) is 31.2 Å². The van der Waals surface area contributed by atoms with Crippen LogP contribution >= 0.6 is 0 Å². The van der Waals surface area contributed by atoms with Crippen molar-refractivity contribution < 1.29 is 14.6 Å². The summed E-state index contributed by atoms with van der Waals surface area (Å²) in [6.45, 7) is 0.931. The second-order valence-electron chi connectivity index (χ2n) is 8.44. The van der Waals surface area contributed by atoms with Gasteiger partial charge in [-0.25, -0.2) is 9.59 Å². The number of carbonyl (C=O) groups excluding carboxylic acids is 1. The quantitative estimate of drug-likeness (QED) is 0.809. The molecule has 0 radical (unpaired) electrons. The van der Waals surface area contributed by atoms with Crippen molar-refractivity contribution in [3.63, 3.8) is 0 Å². The van der Waals surface area contributed by atoms with Crippen LogP contribution in [0, 0.1) is 0 Å². The summed E-state index contributed by atoms with van der Waals surface area (Å²) in [5, 5.41) is 10.3. The molecule has 1 N–H and O–H groups in total. The Kier molecular flexibility index (Phi) is 6.44. The number of hydrogen-bond donors (Lipinski definition) is 1. The fourth-order valence-electron chi connectivity index (χ4n) is 4.72. The van der Waals surface area contributed by atoms with E-state index in [2.05, 4.69) is 0 Å². The van der Waals surface area contributed by atoms with E-state index in [-0.39, 0.29) is 25.1 Å². The zero-order chi connectivity index (χ0) is 21.8. The molecule has 1 amide bonds. The molecule has 2 fully saturated rings. The molecule has 1 atom stereocenters. The van der Waals surface area contributed by atoms with Crippen LogP contribution in [0.3, 0.4) is 0 Å². The van der Waals surface area contributed by atoms with Crippen molar-refractivity contribution in [1.29, 1.82) is 0 Å². The van der Waals surface area contributed by atoms with Gasteiger partial charge in [0.15, 0.2) is 0 Å². The van der Waals surface area contributed by atoms with Crippen LogP contribution < -0.4 is 11.2 Å². The maximum Gasteiger partial charge on any atom is 0.410 e. The molecule has 1 saturated carbocycles. The lowest BCUT2D eigenvalue weighted by Gasteiger charge is -2.33. The van der Waals surface area contributed by atoms with Crippen molar-refractivity contribution in [3.8, 4) is 5.88 Å². The number of ether oxygens (including phenoxy) is 1. The van der Waals surface area contributed by atoms with Gasteiger partial charge in [-0.1, -0.05) is 49.6 Å². The predicted octanol–water partition coefficient (Wildman–Crippen LogP) is 3.19. The molecular weight excluding hydrogens is 398 g/mol. The largest absolute Gasteiger partial charge is 0.494 e. The number of benzene rings is 1. The number of aromatic nitrogens is 2. The Morgan fingerprint density at radius 2 is 1.68 bits per heavy atom. The van der Waals surface area contributed by atoms with Crippen LogP contribution in [0.25, 0.3) is 0 Å². The van der Waals surface area contributed by atoms with E-state index in [1.807, 2.05) is 30.3 Å². The van der Waals surface area contributed by atoms with E-state index in [0.29, 0.717) is 19.4 Å². The molecule has 8 heteroatoms. The van der Waals surface area contributed by atoms with Crippen LogP contribution in [0.15, 0.2) is 46.0 Å². The van der Waals surface area contributed by atoms with Crippen molar-refractivity contribution >= 4 is 6.09 Å². The Morgan fingerprint density at radius 3 is 2.42 bits per heavy atom. The average molecular weight is 428 g/mol. The van der Waals surface area contributed by atoms with Crippen LogP contribution in [0.4, 0.5) is 4.79 Å². The van der Waals surface area contributed by atoms with Gasteiger partial charge >= 0.3 is 11.8 Å². The SMILES string of the molecule is O=C(OCc1ccccc1)N1CCCC(n2c(=O)cc(O)n(C3CCCCC3)c2=O)C1. The lowest BCUT2D eigenvalue weighted by Crippen LogP contribution is -2.49. The molecule has 1 aliphatic heterocycles. The Bertz CT molecular complexity index is 1020. The number of nitrogens with zero attached hydrogens (tertiary/aromatic N) is 3. The van der Waals surface area contributed by atoms with Crippen molar-refractivity contribution in [2.75, 3.05) is 13.1 Å². The normalized spacial score (nSPS) is 19.9. The highest BCUT2D eigenvalue weighted by molar-refractivity contribution is 5.67. The maximum atomic E-state index is 13.2. The summed E-state index contributed by atoms with van der Waals surface area (Å²) in [6, 6.07) is 10.0. The van der Waals surface area contributed by atoms with Crippen molar-refractivity contribution in [1.82, 2.24) is 14.0 Å². The summed E-state index contributed by atoms with van der Waals surface area (Å²) in [4.78, 5) is 40.0. The average Bonchev–Trinajstić information content (AvgIpc) is 2.79. The highest BCUT2D eigenvalue weighted by Gasteiger charge is 2.30. The minimum atomic E-state index is -0.529. The lowest BCUT2D eigenvalue weighted by molar-refractivity contribution is 0.0788. The molecule has 8 nitrogen and oxygen atoms in total. The van der Waals surface area contributed by atoms with E-state index in [4.69, 9.17) is 4.74 Å². The smallest absolute Gasteiger partial charge is 0.410 e. The summed E-state index contributed by atoms with van der Waals surface area (Å²) in [6.07, 6.45) is 5.58. The van der Waals surface area contributed by atoms with Gasteiger partial charge in [0.1, 0.15) is 6.61 Å². The van der Waals surface area contributed by atoms with Gasteiger partial charge < -0.3 is 14.7 Å². The van der Waals surface area contributed by atoms with Gasteiger partial charge in [-0.3, -0.25) is 13.9 Å². The molecule has 2 aromatic rings. The molecule has 1 saturated heterocycles. The third kappa shape index (κ3) is 4.68. The third-order valence-corrected chi connectivity index (χ3v) is 6.31. The predicted molar refractivity (Wildman–Crippen MR) is 115 cm³/mol. The molecule has 0 spiro atoms. The summed E-state index contributed by atoms with van der Waals surface area (Å²) >= 11 is 0. The van der Waals surface area contributed by atoms with E-state index < -0.39 is 23.4 Å². The van der Waals surface area contributed by atoms with Crippen LogP contribution in [0.1, 0.15) is 62.6 Å². The fourth-order valence-corrected chi connectivity index (χ4v) is 4.72. The first-order valence-corrected chi connectivity index (χ1v) is 11.1. The monoisotopic (exact) mass is 427 g/mol. The molecule has 1 aromatic carbocycles. The molecule has 1 aromatic heterocycles. The summed E-state index contributed by atoms with van der Waals surface area (Å²) in [7, 11) is 0. The van der Waals surface area contributed by atoms with Gasteiger partial charge in [0.25, 0.3) is 5.56 Å². The number of piperidine rings is 1. The minimum absolute atomic E-state index is 0.0939. The Morgan fingerprint density at radius 1 is 0.968 bits per heavy atom. The Balaban J connectivity index is 1.52. The van der Waals surface area contributed by atoms with Gasteiger partial charge in [-0.15, -0.1) is 0 Å². The lowest BCUT2D eigenvalue weighted by atomic mass is 9.95. The molecule has 4 rings (SSSR count). The summed E-state index contributed by atoms with van der Waals surface area (Å²) < 4.78 is 8.01. The number of carbonyl (C=O) groups is 1. The first-order chi connectivity index (χ1) is 15.0. The second kappa shape index (κ2) is 9.41. The Hall–Kier alpha value is -3.03. The second-order valence-corrected chi connectivity index (χ2v) is 8.44. The Labute approximate surface area is 180 Å². The van der Waals surface area contributed by atoms with Gasteiger partial charge in [0, 0.05) is 19.1 Å². The van der Waals surface area contributed by atoms with Crippen LogP contribution in [0.5, 0.6) is 5.88 Å². The highest BCUT2D eigenvalue weighted by atomic mass is 16.6. The zero-order valence-electron chi connectivity index (χ0n) is 17.6. The van der Waals surface area contributed by atoms with E-state index in [9.17, 15) is 19.5 Å². The van der Waals surface area contributed by atoms with Crippen LogP contribution in [0.2, 0.25) is 0 Å². The van der Waals surface area contributed by atoms with Gasteiger partial charge in [0.05, 0.1) is 12.1 Å². The van der Waals surface area contributed by atoms with E-state index in [0.717, 1.165) is 43.7 Å². The fraction of sp³-hybridized carbons (Fsp3) is 0.522. The topological polar surface area (TPSA) is 93.8 Å². The third-order valence-electron chi connectivity index (χ3n) is 6.31. The number of aromatic hydroxyl groups is 1. The maximum absolute atomic E-state index is 13.2. The van der Waals surface area contributed by atoms with Crippen molar-refractivity contribution in [3.05, 3.63) is 62.8 Å². The van der Waals surface area contributed by atoms with Crippen LogP contribution in [-0.4, -0.2) is 38.3 Å². The first kappa shape index (κ1) is 21.2. The molecule has 0 bridgehead atoms. The molecule has 1 unspecified atom stereocenters. The van der Waals surface area contributed by atoms with Crippen LogP contribution in [-0.2, 0) is 11.3 Å². The number of rotatable bonds is 4. The molecule has 2 aliphatic rings.